The van der Waals surface area contributed by atoms with Gasteiger partial charge in [-0.05, 0) is 42.9 Å². The number of rotatable bonds is 5. The smallest absolute Gasteiger partial charge is 0.0627 e. The molecule has 0 spiro atoms. The lowest BCUT2D eigenvalue weighted by Crippen LogP contribution is -2.38. The van der Waals surface area contributed by atoms with Gasteiger partial charge in [-0.1, -0.05) is 55.4 Å². The Labute approximate surface area is 116 Å². The minimum atomic E-state index is -0.0181. The molecule has 0 aliphatic heterocycles. The molecule has 0 aliphatic carbocycles. The van der Waals surface area contributed by atoms with E-state index in [2.05, 4.69) is 69.2 Å². The van der Waals surface area contributed by atoms with Gasteiger partial charge >= 0.3 is 0 Å². The second kappa shape index (κ2) is 5.53. The maximum absolute atomic E-state index is 6.22. The summed E-state index contributed by atoms with van der Waals surface area (Å²) in [5.74, 6) is 0. The summed E-state index contributed by atoms with van der Waals surface area (Å²) in [5.41, 5.74) is 0.842. The summed E-state index contributed by atoms with van der Waals surface area (Å²) in [6, 6.07) is 0. The zero-order valence-electron chi connectivity index (χ0n) is 14.5. The Kier molecular flexibility index (Phi) is 5.51. The molecule has 0 bridgehead atoms. The quantitative estimate of drug-likeness (QED) is 0.615. The first-order valence-corrected chi connectivity index (χ1v) is 7.30. The van der Waals surface area contributed by atoms with Crippen molar-refractivity contribution in [1.82, 2.24) is 0 Å². The molecule has 0 heterocycles. The second-order valence-corrected chi connectivity index (χ2v) is 9.24. The van der Waals surface area contributed by atoms with Gasteiger partial charge in [0.1, 0.15) is 0 Å². The van der Waals surface area contributed by atoms with Crippen LogP contribution in [-0.4, -0.2) is 12.2 Å². The van der Waals surface area contributed by atoms with Crippen molar-refractivity contribution in [3.63, 3.8) is 0 Å². The molecule has 0 unspecified atom stereocenters. The first-order chi connectivity index (χ1) is 7.66. The topological polar surface area (TPSA) is 9.23 Å². The van der Waals surface area contributed by atoms with Crippen LogP contribution in [0.1, 0.15) is 82.1 Å². The summed E-state index contributed by atoms with van der Waals surface area (Å²) in [6.45, 7) is 23.6. The molecule has 0 aliphatic rings. The van der Waals surface area contributed by atoms with Crippen LogP contribution in [-0.2, 0) is 4.74 Å². The predicted molar refractivity (Wildman–Crippen MR) is 82.0 cm³/mol. The van der Waals surface area contributed by atoms with E-state index in [1.807, 2.05) is 0 Å². The fourth-order valence-electron chi connectivity index (χ4n) is 1.34. The van der Waals surface area contributed by atoms with Crippen LogP contribution in [0.2, 0.25) is 0 Å². The van der Waals surface area contributed by atoms with Crippen LogP contribution >= 0.6 is 0 Å². The molecular weight excluding hydrogens is 220 g/mol. The van der Waals surface area contributed by atoms with E-state index in [0.717, 1.165) is 13.0 Å². The Morgan fingerprint density at radius 1 is 0.667 bits per heavy atom. The highest BCUT2D eigenvalue weighted by Crippen LogP contribution is 2.39. The molecule has 0 fully saturated rings. The zero-order chi connectivity index (χ0) is 14.8. The third kappa shape index (κ3) is 6.78. The lowest BCUT2D eigenvalue weighted by molar-refractivity contribution is -0.0894. The van der Waals surface area contributed by atoms with E-state index in [0.29, 0.717) is 5.41 Å². The van der Waals surface area contributed by atoms with Crippen LogP contribution in [0.5, 0.6) is 0 Å². The standard InChI is InChI=1S/C17H36O/c1-14(2,3)11-12-17(9,10)18-13-16(7,8)15(4,5)6/h11-13H2,1-10H3. The maximum atomic E-state index is 6.22. The van der Waals surface area contributed by atoms with Crippen LogP contribution < -0.4 is 0 Å². The first kappa shape index (κ1) is 18.0. The number of hydrogen-bond donors (Lipinski definition) is 0. The summed E-state index contributed by atoms with van der Waals surface area (Å²) in [7, 11) is 0. The van der Waals surface area contributed by atoms with Crippen LogP contribution in [0.25, 0.3) is 0 Å². The SMILES string of the molecule is CC(C)(C)CCC(C)(C)OCC(C)(C)C(C)(C)C. The summed E-state index contributed by atoms with van der Waals surface area (Å²) in [4.78, 5) is 0. The van der Waals surface area contributed by atoms with Gasteiger partial charge in [0, 0.05) is 0 Å². The van der Waals surface area contributed by atoms with E-state index in [4.69, 9.17) is 4.74 Å². The van der Waals surface area contributed by atoms with Crippen LogP contribution in [0.4, 0.5) is 0 Å². The Balaban J connectivity index is 4.35. The van der Waals surface area contributed by atoms with Gasteiger partial charge < -0.3 is 4.74 Å². The van der Waals surface area contributed by atoms with Gasteiger partial charge in [0.25, 0.3) is 0 Å². The summed E-state index contributed by atoms with van der Waals surface area (Å²) in [5, 5.41) is 0. The Bertz CT molecular complexity index is 248. The summed E-state index contributed by atoms with van der Waals surface area (Å²) < 4.78 is 6.22. The molecule has 0 aromatic carbocycles. The molecule has 0 N–H and O–H groups in total. The molecule has 0 aromatic rings. The average molecular weight is 256 g/mol. The van der Waals surface area contributed by atoms with E-state index in [1.54, 1.807) is 0 Å². The van der Waals surface area contributed by atoms with Gasteiger partial charge in [-0.15, -0.1) is 0 Å². The highest BCUT2D eigenvalue weighted by molar-refractivity contribution is 4.84. The largest absolute Gasteiger partial charge is 0.375 e. The van der Waals surface area contributed by atoms with Crippen molar-refractivity contribution >= 4 is 0 Å². The minimum absolute atomic E-state index is 0.0181. The molecule has 0 radical (unpaired) electrons. The van der Waals surface area contributed by atoms with Crippen molar-refractivity contribution in [2.24, 2.45) is 16.2 Å². The molecule has 18 heavy (non-hydrogen) atoms. The Morgan fingerprint density at radius 2 is 1.11 bits per heavy atom. The van der Waals surface area contributed by atoms with Gasteiger partial charge in [0.15, 0.2) is 0 Å². The monoisotopic (exact) mass is 256 g/mol. The van der Waals surface area contributed by atoms with Gasteiger partial charge in [-0.2, -0.15) is 0 Å². The highest BCUT2D eigenvalue weighted by Gasteiger charge is 2.35. The van der Waals surface area contributed by atoms with E-state index in [9.17, 15) is 0 Å². The molecule has 0 saturated carbocycles. The normalized spacial score (nSPS) is 15.0. The molecule has 0 amide bonds. The predicted octanol–water partition coefficient (Wildman–Crippen LogP) is 5.68. The van der Waals surface area contributed by atoms with Crippen molar-refractivity contribution < 1.29 is 4.74 Å². The van der Waals surface area contributed by atoms with Gasteiger partial charge in [0.05, 0.1) is 12.2 Å². The van der Waals surface area contributed by atoms with E-state index in [1.165, 1.54) is 6.42 Å². The van der Waals surface area contributed by atoms with Crippen molar-refractivity contribution in [3.05, 3.63) is 0 Å². The molecular formula is C17H36O. The fraction of sp³-hybridized carbons (Fsp3) is 1.00. The molecule has 1 nitrogen and oxygen atoms in total. The second-order valence-electron chi connectivity index (χ2n) is 9.24. The van der Waals surface area contributed by atoms with Crippen molar-refractivity contribution in [1.29, 1.82) is 0 Å². The number of ether oxygens (including phenoxy) is 1. The minimum Gasteiger partial charge on any atom is -0.375 e. The van der Waals surface area contributed by atoms with Gasteiger partial charge in [-0.3, -0.25) is 0 Å². The lowest BCUT2D eigenvalue weighted by atomic mass is 9.70. The Hall–Kier alpha value is -0.0400. The first-order valence-electron chi connectivity index (χ1n) is 7.30. The van der Waals surface area contributed by atoms with Gasteiger partial charge in [0.2, 0.25) is 0 Å². The summed E-state index contributed by atoms with van der Waals surface area (Å²) >= 11 is 0. The maximum Gasteiger partial charge on any atom is 0.0627 e. The summed E-state index contributed by atoms with van der Waals surface area (Å²) in [6.07, 6.45) is 2.33. The van der Waals surface area contributed by atoms with E-state index < -0.39 is 0 Å². The van der Waals surface area contributed by atoms with Crippen molar-refractivity contribution in [2.45, 2.75) is 87.7 Å². The highest BCUT2D eigenvalue weighted by atomic mass is 16.5. The third-order valence-electron chi connectivity index (χ3n) is 4.33. The Morgan fingerprint density at radius 3 is 1.44 bits per heavy atom. The molecule has 0 saturated heterocycles. The van der Waals surface area contributed by atoms with Crippen LogP contribution in [0, 0.1) is 16.2 Å². The fourth-order valence-corrected chi connectivity index (χ4v) is 1.34. The molecule has 0 aromatic heterocycles. The lowest BCUT2D eigenvalue weighted by Gasteiger charge is -2.41. The van der Waals surface area contributed by atoms with Crippen molar-refractivity contribution in [2.75, 3.05) is 6.61 Å². The van der Waals surface area contributed by atoms with Crippen LogP contribution in [0.3, 0.4) is 0 Å². The zero-order valence-corrected chi connectivity index (χ0v) is 14.5. The van der Waals surface area contributed by atoms with E-state index in [-0.39, 0.29) is 16.4 Å². The molecule has 110 valence electrons. The molecule has 0 rings (SSSR count). The van der Waals surface area contributed by atoms with E-state index >= 15 is 0 Å². The third-order valence-corrected chi connectivity index (χ3v) is 4.33. The van der Waals surface area contributed by atoms with Crippen LogP contribution in [0.15, 0.2) is 0 Å². The van der Waals surface area contributed by atoms with Crippen molar-refractivity contribution in [3.8, 4) is 0 Å². The van der Waals surface area contributed by atoms with Gasteiger partial charge in [-0.25, -0.2) is 0 Å². The number of hydrogen-bond acceptors (Lipinski definition) is 1. The molecule has 0 atom stereocenters. The average Bonchev–Trinajstić information content (AvgIpc) is 2.10. The molecule has 1 heteroatoms.